The molecular weight excluding hydrogens is 708 g/mol. The molecule has 6 rings (SSSR count). The molecule has 4 aliphatic rings. The lowest BCUT2D eigenvalue weighted by atomic mass is 9.99. The molecule has 16 heteroatoms. The van der Waals surface area contributed by atoms with Gasteiger partial charge in [-0.05, 0) is 70.9 Å². The maximum Gasteiger partial charge on any atom is 0.328 e. The Kier molecular flexibility index (Phi) is 18.0. The lowest BCUT2D eigenvalue weighted by Gasteiger charge is -2.38. The van der Waals surface area contributed by atoms with E-state index >= 15 is 0 Å². The van der Waals surface area contributed by atoms with E-state index < -0.39 is 42.1 Å². The molecule has 4 atom stereocenters. The number of amides is 7. The van der Waals surface area contributed by atoms with E-state index in [1.54, 1.807) is 41.1 Å². The average Bonchev–Trinajstić information content (AvgIpc) is 3.89. The van der Waals surface area contributed by atoms with Crippen molar-refractivity contribution in [1.29, 1.82) is 0 Å². The minimum Gasteiger partial charge on any atom is -0.464 e. The predicted molar refractivity (Wildman–Crippen MR) is 205 cm³/mol. The molecule has 4 saturated heterocycles. The summed E-state index contributed by atoms with van der Waals surface area (Å²) in [5.41, 5.74) is 6.16. The van der Waals surface area contributed by atoms with Crippen molar-refractivity contribution in [2.75, 3.05) is 38.1 Å². The smallest absolute Gasteiger partial charge is 0.328 e. The predicted octanol–water partition coefficient (Wildman–Crippen LogP) is 2.51. The minimum atomic E-state index is -0.813. The number of cyclic esters (lactones) is 1. The number of pyridine rings is 1. The number of urea groups is 1. The zero-order chi connectivity index (χ0) is 40.3. The van der Waals surface area contributed by atoms with Gasteiger partial charge in [0.15, 0.2) is 0 Å². The first-order chi connectivity index (χ1) is 26.5. The van der Waals surface area contributed by atoms with Crippen LogP contribution in [-0.4, -0.2) is 118 Å². The molecule has 0 aliphatic carbocycles. The molecule has 5 heterocycles. The number of aryl methyl sites for hydroxylation is 1. The number of aromatic nitrogens is 1. The Bertz CT molecular complexity index is 1590. The normalized spacial score (nSPS) is 22.7. The Labute approximate surface area is 322 Å². The van der Waals surface area contributed by atoms with E-state index in [0.29, 0.717) is 51.1 Å². The molecule has 4 fully saturated rings. The number of rotatable bonds is 3. The van der Waals surface area contributed by atoms with Crippen LogP contribution >= 0.6 is 0 Å². The van der Waals surface area contributed by atoms with Crippen LogP contribution in [0.4, 0.5) is 10.6 Å². The molecule has 0 saturated carbocycles. The van der Waals surface area contributed by atoms with Crippen molar-refractivity contribution in [3.8, 4) is 0 Å². The van der Waals surface area contributed by atoms with Crippen molar-refractivity contribution in [2.45, 2.75) is 103 Å². The van der Waals surface area contributed by atoms with Gasteiger partial charge in [-0.25, -0.2) is 14.6 Å². The number of esters is 1. The van der Waals surface area contributed by atoms with Gasteiger partial charge in [-0.1, -0.05) is 55.8 Å². The van der Waals surface area contributed by atoms with Gasteiger partial charge in [0.1, 0.15) is 36.6 Å². The number of ether oxygens (including phenoxy) is 1. The Morgan fingerprint density at radius 2 is 1.44 bits per heavy atom. The fourth-order valence-electron chi connectivity index (χ4n) is 6.65. The van der Waals surface area contributed by atoms with Crippen LogP contribution in [0.5, 0.6) is 0 Å². The second-order valence-electron chi connectivity index (χ2n) is 13.3. The van der Waals surface area contributed by atoms with E-state index in [0.717, 1.165) is 19.3 Å². The highest BCUT2D eigenvalue weighted by atomic mass is 16.5. The largest absolute Gasteiger partial charge is 0.464 e. The zero-order valence-corrected chi connectivity index (χ0v) is 32.3. The van der Waals surface area contributed by atoms with Crippen molar-refractivity contribution in [2.24, 2.45) is 5.73 Å². The molecule has 300 valence electrons. The number of nitrogens with one attached hydrogen (secondary N) is 3. The summed E-state index contributed by atoms with van der Waals surface area (Å²) in [6.07, 6.45) is 6.13. The Morgan fingerprint density at radius 1 is 0.818 bits per heavy atom. The van der Waals surface area contributed by atoms with Gasteiger partial charge in [-0.15, -0.1) is 0 Å². The van der Waals surface area contributed by atoms with E-state index in [-0.39, 0.29) is 43.2 Å². The minimum absolute atomic E-state index is 0.00347. The van der Waals surface area contributed by atoms with Crippen LogP contribution in [0.2, 0.25) is 0 Å². The number of carbonyl (C=O) groups excluding carboxylic acids is 7. The highest BCUT2D eigenvalue weighted by Crippen LogP contribution is 2.26. The van der Waals surface area contributed by atoms with E-state index in [1.807, 2.05) is 32.0 Å². The molecule has 0 bridgehead atoms. The summed E-state index contributed by atoms with van der Waals surface area (Å²) in [7, 11) is 0. The van der Waals surface area contributed by atoms with Crippen LogP contribution in [0.15, 0.2) is 54.7 Å². The molecule has 16 nitrogen and oxygen atoms in total. The lowest BCUT2D eigenvalue weighted by Crippen LogP contribution is -2.59. The van der Waals surface area contributed by atoms with E-state index in [9.17, 15) is 33.6 Å². The molecular formula is C39H56N8O8. The van der Waals surface area contributed by atoms with Crippen LogP contribution < -0.4 is 21.7 Å². The van der Waals surface area contributed by atoms with Crippen LogP contribution in [-0.2, 0) is 33.5 Å². The summed E-state index contributed by atoms with van der Waals surface area (Å²) in [6.45, 7) is 8.78. The number of nitrogens with zero attached hydrogens (tertiary/aromatic N) is 4. The van der Waals surface area contributed by atoms with Crippen molar-refractivity contribution in [3.05, 3.63) is 60.3 Å². The number of piperidine rings is 1. The molecule has 1 aromatic heterocycles. The number of hydrogen-bond donors (Lipinski definition) is 4. The van der Waals surface area contributed by atoms with Crippen LogP contribution in [0.3, 0.4) is 0 Å². The van der Waals surface area contributed by atoms with E-state index in [4.69, 9.17) is 10.5 Å². The van der Waals surface area contributed by atoms with Crippen molar-refractivity contribution >= 4 is 47.4 Å². The van der Waals surface area contributed by atoms with Crippen molar-refractivity contribution < 1.29 is 38.3 Å². The molecule has 55 heavy (non-hydrogen) atoms. The molecule has 5 N–H and O–H groups in total. The first-order valence-corrected chi connectivity index (χ1v) is 19.1. The summed E-state index contributed by atoms with van der Waals surface area (Å²) >= 11 is 0. The van der Waals surface area contributed by atoms with Crippen LogP contribution in [0, 0.1) is 6.92 Å². The topological polar surface area (TPSA) is 213 Å². The van der Waals surface area contributed by atoms with Crippen molar-refractivity contribution in [3.63, 3.8) is 0 Å². The second kappa shape index (κ2) is 22.6. The number of primary amides is 1. The van der Waals surface area contributed by atoms with E-state index in [1.165, 1.54) is 10.5 Å². The van der Waals surface area contributed by atoms with Crippen LogP contribution in [0.25, 0.3) is 0 Å². The molecule has 2 aromatic rings. The molecule has 1 aromatic carbocycles. The van der Waals surface area contributed by atoms with Gasteiger partial charge < -0.3 is 35.8 Å². The van der Waals surface area contributed by atoms with Gasteiger partial charge in [0, 0.05) is 25.8 Å². The summed E-state index contributed by atoms with van der Waals surface area (Å²) in [5.74, 6) is -1.85. The third-order valence-corrected chi connectivity index (χ3v) is 9.31. The maximum absolute atomic E-state index is 13.4. The maximum atomic E-state index is 13.4. The third-order valence-electron chi connectivity index (χ3n) is 9.31. The van der Waals surface area contributed by atoms with Gasteiger partial charge in [0.25, 0.3) is 0 Å². The first-order valence-electron chi connectivity index (χ1n) is 19.1. The standard InChI is InChI=1S/C22H32N4O6.C8H10N4O2.C7H8.C2H6/c1-14-20(29)26-12-5-8-17(26)22(31)32-13-9-18(27)24-11-4-7-16(24)21(30)25-10-3-2-6-15(25)19(28)23-14;9-6(13)5-11-8(14)12-7-3-1-2-4-10-7;1-7-5-3-2-4-6-7;1-2/h14-17H,2-13H2,1H3,(H,23,28);1-4H,5H2,(H2,9,13)(H2,10,11,12,14);2-6H,1H3;1-2H3. The van der Waals surface area contributed by atoms with Crippen LogP contribution in [0.1, 0.15) is 77.7 Å². The summed E-state index contributed by atoms with van der Waals surface area (Å²) < 4.78 is 5.33. The van der Waals surface area contributed by atoms with Gasteiger partial charge >= 0.3 is 12.0 Å². The molecule has 4 aliphatic heterocycles. The van der Waals surface area contributed by atoms with Crippen molar-refractivity contribution in [1.82, 2.24) is 30.3 Å². The van der Waals surface area contributed by atoms with Gasteiger partial charge in [0.2, 0.25) is 29.5 Å². The first kappa shape index (κ1) is 43.9. The SMILES string of the molecule is CC.CC1NC(=O)C2CCCCN2C(=O)C2CCCN2C(=O)CCOC(=O)C2CCCN2C1=O.Cc1ccccc1.NC(=O)CNC(=O)Nc1ccccn1. The quantitative estimate of drug-likeness (QED) is 0.338. The lowest BCUT2D eigenvalue weighted by molar-refractivity contribution is -0.156. The second-order valence-corrected chi connectivity index (χ2v) is 13.3. The van der Waals surface area contributed by atoms with Gasteiger partial charge in [-0.3, -0.25) is 29.3 Å². The van der Waals surface area contributed by atoms with E-state index in [2.05, 4.69) is 40.0 Å². The third kappa shape index (κ3) is 13.4. The number of anilines is 1. The molecule has 4 unspecified atom stereocenters. The summed E-state index contributed by atoms with van der Waals surface area (Å²) in [6, 6.07) is 12.1. The number of benzene rings is 1. The number of fused-ring (bicyclic) bond motifs is 3. The van der Waals surface area contributed by atoms with Gasteiger partial charge in [0.05, 0.1) is 13.0 Å². The Balaban J connectivity index is 0.000000289. The van der Waals surface area contributed by atoms with Gasteiger partial charge in [-0.2, -0.15) is 0 Å². The number of carbonyl (C=O) groups is 7. The highest BCUT2D eigenvalue weighted by Gasteiger charge is 2.43. The molecule has 7 amide bonds. The zero-order valence-electron chi connectivity index (χ0n) is 32.3. The fraction of sp³-hybridized carbons (Fsp3) is 0.538. The Morgan fingerprint density at radius 3 is 2.07 bits per heavy atom. The number of hydrogen-bond acceptors (Lipinski definition) is 9. The summed E-state index contributed by atoms with van der Waals surface area (Å²) in [5, 5.41) is 7.46. The summed E-state index contributed by atoms with van der Waals surface area (Å²) in [4.78, 5) is 94.7. The average molecular weight is 765 g/mol. The molecule has 0 radical (unpaired) electrons. The fourth-order valence-corrected chi connectivity index (χ4v) is 6.65. The number of nitrogens with two attached hydrogens (primary N) is 1. The highest BCUT2D eigenvalue weighted by molar-refractivity contribution is 5.96. The Hall–Kier alpha value is -5.54. The monoisotopic (exact) mass is 764 g/mol. The molecule has 0 spiro atoms.